The second kappa shape index (κ2) is 4.86. The molecular formula is C12H13NO4. The number of ether oxygens (including phenoxy) is 2. The van der Waals surface area contributed by atoms with Gasteiger partial charge >= 0.3 is 6.09 Å². The lowest BCUT2D eigenvalue weighted by atomic mass is 10.1. The quantitative estimate of drug-likeness (QED) is 0.790. The van der Waals surface area contributed by atoms with E-state index in [1.165, 1.54) is 0 Å². The average molecular weight is 235 g/mol. The fourth-order valence-corrected chi connectivity index (χ4v) is 1.67. The van der Waals surface area contributed by atoms with Crippen LogP contribution in [0.25, 0.3) is 0 Å². The Hall–Kier alpha value is -2.04. The third-order valence-electron chi connectivity index (χ3n) is 2.55. The molecule has 5 nitrogen and oxygen atoms in total. The van der Waals surface area contributed by atoms with Crippen LogP contribution in [0.3, 0.4) is 0 Å². The van der Waals surface area contributed by atoms with Crippen molar-refractivity contribution < 1.29 is 19.1 Å². The number of rotatable bonds is 3. The fourth-order valence-electron chi connectivity index (χ4n) is 1.67. The molecular weight excluding hydrogens is 222 g/mol. The average Bonchev–Trinajstić information content (AvgIpc) is 2.76. The monoisotopic (exact) mass is 235 g/mol. The van der Waals surface area contributed by atoms with Gasteiger partial charge in [0.2, 0.25) is 5.91 Å². The molecule has 2 rings (SSSR count). The number of hydrogen-bond acceptors (Lipinski definition) is 4. The molecule has 2 amide bonds. The van der Waals surface area contributed by atoms with E-state index in [4.69, 9.17) is 9.47 Å². The lowest BCUT2D eigenvalue weighted by molar-refractivity contribution is -0.127. The van der Waals surface area contributed by atoms with Crippen molar-refractivity contribution in [2.45, 2.75) is 6.42 Å². The summed E-state index contributed by atoms with van der Waals surface area (Å²) in [5.74, 6) is 0.444. The van der Waals surface area contributed by atoms with Gasteiger partial charge in [-0.05, 0) is 17.7 Å². The normalized spacial score (nSPS) is 14.6. The number of carbonyl (C=O) groups excluding carboxylic acids is 2. The third-order valence-corrected chi connectivity index (χ3v) is 2.55. The molecule has 5 heteroatoms. The van der Waals surface area contributed by atoms with Crippen molar-refractivity contribution in [1.82, 2.24) is 4.90 Å². The first kappa shape index (κ1) is 11.4. The number of imide groups is 1. The second-order valence-corrected chi connectivity index (χ2v) is 3.69. The SMILES string of the molecule is COc1cccc(CC(=O)N2CCOC2=O)c1. The highest BCUT2D eigenvalue weighted by atomic mass is 16.6. The Labute approximate surface area is 98.9 Å². The van der Waals surface area contributed by atoms with Gasteiger partial charge in [0.05, 0.1) is 20.1 Å². The van der Waals surface area contributed by atoms with Gasteiger partial charge in [-0.15, -0.1) is 0 Å². The minimum atomic E-state index is -0.558. The van der Waals surface area contributed by atoms with E-state index in [0.29, 0.717) is 12.3 Å². The van der Waals surface area contributed by atoms with Gasteiger partial charge in [0.15, 0.2) is 0 Å². The van der Waals surface area contributed by atoms with E-state index < -0.39 is 6.09 Å². The van der Waals surface area contributed by atoms with E-state index >= 15 is 0 Å². The van der Waals surface area contributed by atoms with Crippen LogP contribution in [0.5, 0.6) is 5.75 Å². The summed E-state index contributed by atoms with van der Waals surface area (Å²) in [5.41, 5.74) is 0.814. The molecule has 0 spiro atoms. The molecule has 1 fully saturated rings. The van der Waals surface area contributed by atoms with Gasteiger partial charge in [0, 0.05) is 0 Å². The van der Waals surface area contributed by atoms with Crippen LogP contribution in [0.4, 0.5) is 4.79 Å². The summed E-state index contributed by atoms with van der Waals surface area (Å²) in [4.78, 5) is 24.1. The van der Waals surface area contributed by atoms with Crippen molar-refractivity contribution in [2.75, 3.05) is 20.3 Å². The van der Waals surface area contributed by atoms with Crippen molar-refractivity contribution >= 4 is 12.0 Å². The minimum Gasteiger partial charge on any atom is -0.497 e. The van der Waals surface area contributed by atoms with Crippen LogP contribution in [0, 0.1) is 0 Å². The molecule has 1 aromatic rings. The van der Waals surface area contributed by atoms with Gasteiger partial charge < -0.3 is 9.47 Å². The maximum Gasteiger partial charge on any atom is 0.416 e. The molecule has 0 N–H and O–H groups in total. The molecule has 1 saturated heterocycles. The molecule has 1 aliphatic heterocycles. The number of nitrogens with zero attached hydrogens (tertiary/aromatic N) is 1. The standard InChI is InChI=1S/C12H13NO4/c1-16-10-4-2-3-9(7-10)8-11(14)13-5-6-17-12(13)15/h2-4,7H,5-6,8H2,1H3. The summed E-state index contributed by atoms with van der Waals surface area (Å²) in [6, 6.07) is 7.21. The van der Waals surface area contributed by atoms with Crippen molar-refractivity contribution in [3.8, 4) is 5.75 Å². The molecule has 1 heterocycles. The molecule has 0 saturated carbocycles. The van der Waals surface area contributed by atoms with Crippen molar-refractivity contribution in [3.05, 3.63) is 29.8 Å². The van der Waals surface area contributed by atoms with Gasteiger partial charge in [-0.1, -0.05) is 12.1 Å². The Morgan fingerprint density at radius 3 is 3.00 bits per heavy atom. The van der Waals surface area contributed by atoms with Crippen molar-refractivity contribution in [1.29, 1.82) is 0 Å². The summed E-state index contributed by atoms with van der Waals surface area (Å²) in [6.45, 7) is 0.615. The van der Waals surface area contributed by atoms with Gasteiger partial charge in [0.25, 0.3) is 0 Å². The predicted molar refractivity (Wildman–Crippen MR) is 59.8 cm³/mol. The molecule has 0 aromatic heterocycles. The summed E-state index contributed by atoms with van der Waals surface area (Å²) < 4.78 is 9.78. The Balaban J connectivity index is 2.04. The summed E-state index contributed by atoms with van der Waals surface area (Å²) in [5, 5.41) is 0. The zero-order chi connectivity index (χ0) is 12.3. The van der Waals surface area contributed by atoms with Crippen LogP contribution >= 0.6 is 0 Å². The molecule has 0 radical (unpaired) electrons. The van der Waals surface area contributed by atoms with Crippen LogP contribution in [-0.2, 0) is 16.0 Å². The van der Waals surface area contributed by atoms with Crippen LogP contribution in [0.2, 0.25) is 0 Å². The number of benzene rings is 1. The molecule has 1 aliphatic rings. The predicted octanol–water partition coefficient (Wildman–Crippen LogP) is 1.22. The van der Waals surface area contributed by atoms with E-state index in [2.05, 4.69) is 0 Å². The zero-order valence-corrected chi connectivity index (χ0v) is 9.51. The Morgan fingerprint density at radius 2 is 2.35 bits per heavy atom. The highest BCUT2D eigenvalue weighted by Gasteiger charge is 2.28. The number of amides is 2. The number of methoxy groups -OCH3 is 1. The van der Waals surface area contributed by atoms with Crippen LogP contribution in [-0.4, -0.2) is 37.2 Å². The molecule has 90 valence electrons. The van der Waals surface area contributed by atoms with Gasteiger partial charge in [-0.3, -0.25) is 4.79 Å². The molecule has 0 atom stereocenters. The zero-order valence-electron chi connectivity index (χ0n) is 9.51. The first-order chi connectivity index (χ1) is 8.20. The largest absolute Gasteiger partial charge is 0.497 e. The minimum absolute atomic E-state index is 0.173. The highest BCUT2D eigenvalue weighted by Crippen LogP contribution is 2.14. The van der Waals surface area contributed by atoms with E-state index in [1.54, 1.807) is 19.2 Å². The maximum atomic E-state index is 11.8. The Bertz CT molecular complexity index is 444. The van der Waals surface area contributed by atoms with Gasteiger partial charge in [0.1, 0.15) is 12.4 Å². The van der Waals surface area contributed by atoms with Gasteiger partial charge in [-0.25, -0.2) is 9.69 Å². The van der Waals surface area contributed by atoms with E-state index in [0.717, 1.165) is 10.5 Å². The lowest BCUT2D eigenvalue weighted by Crippen LogP contribution is -2.32. The first-order valence-electron chi connectivity index (χ1n) is 5.31. The van der Waals surface area contributed by atoms with Crippen LogP contribution < -0.4 is 4.74 Å². The topological polar surface area (TPSA) is 55.8 Å². The van der Waals surface area contributed by atoms with Crippen molar-refractivity contribution in [3.63, 3.8) is 0 Å². The Morgan fingerprint density at radius 1 is 1.53 bits per heavy atom. The summed E-state index contributed by atoms with van der Waals surface area (Å²) in [6.07, 6.45) is -0.385. The Kier molecular flexibility index (Phi) is 3.27. The highest BCUT2D eigenvalue weighted by molar-refractivity contribution is 5.94. The third kappa shape index (κ3) is 2.55. The molecule has 1 aromatic carbocycles. The summed E-state index contributed by atoms with van der Waals surface area (Å²) >= 11 is 0. The van der Waals surface area contributed by atoms with Crippen molar-refractivity contribution in [2.24, 2.45) is 0 Å². The van der Waals surface area contributed by atoms with E-state index in [-0.39, 0.29) is 18.9 Å². The number of carbonyl (C=O) groups is 2. The van der Waals surface area contributed by atoms with Crippen LogP contribution in [0.15, 0.2) is 24.3 Å². The van der Waals surface area contributed by atoms with E-state index in [1.807, 2.05) is 12.1 Å². The molecule has 17 heavy (non-hydrogen) atoms. The van der Waals surface area contributed by atoms with Crippen LogP contribution in [0.1, 0.15) is 5.56 Å². The van der Waals surface area contributed by atoms with Gasteiger partial charge in [-0.2, -0.15) is 0 Å². The molecule has 0 bridgehead atoms. The van der Waals surface area contributed by atoms with E-state index in [9.17, 15) is 9.59 Å². The maximum absolute atomic E-state index is 11.8. The number of hydrogen-bond donors (Lipinski definition) is 0. The molecule has 0 aliphatic carbocycles. The second-order valence-electron chi connectivity index (χ2n) is 3.69. The smallest absolute Gasteiger partial charge is 0.416 e. The lowest BCUT2D eigenvalue weighted by Gasteiger charge is -2.10. The first-order valence-corrected chi connectivity index (χ1v) is 5.31. The molecule has 0 unspecified atom stereocenters. The number of cyclic esters (lactones) is 1. The summed E-state index contributed by atoms with van der Waals surface area (Å²) in [7, 11) is 1.57. The fraction of sp³-hybridized carbons (Fsp3) is 0.333.